The van der Waals surface area contributed by atoms with Crippen molar-refractivity contribution in [2.45, 2.75) is 6.23 Å². The van der Waals surface area contributed by atoms with E-state index in [9.17, 15) is 13.3 Å². The van der Waals surface area contributed by atoms with Crippen LogP contribution in [-0.4, -0.2) is 28.7 Å². The third kappa shape index (κ3) is 1.56. The molecule has 0 aromatic heterocycles. The van der Waals surface area contributed by atoms with E-state index in [1.165, 1.54) is 0 Å². The molecular formula is C3H3BF3NO4. The Kier molecular flexibility index (Phi) is 2.07. The molecule has 1 aliphatic heterocycles. The lowest BCUT2D eigenvalue weighted by Gasteiger charge is -2.15. The van der Waals surface area contributed by atoms with Crippen LogP contribution in [0.2, 0.25) is 0 Å². The molecule has 12 heavy (non-hydrogen) atoms. The topological polar surface area (TPSA) is 62.2 Å². The van der Waals surface area contributed by atoms with Crippen molar-refractivity contribution < 1.29 is 32.7 Å². The van der Waals surface area contributed by atoms with Gasteiger partial charge in [0, 0.05) is 0 Å². The van der Waals surface area contributed by atoms with Crippen LogP contribution >= 0.6 is 0 Å². The van der Waals surface area contributed by atoms with Crippen LogP contribution in [0.4, 0.5) is 13.3 Å². The van der Waals surface area contributed by atoms with Gasteiger partial charge in [0.05, 0.1) is 0 Å². The second kappa shape index (κ2) is 2.75. The molecule has 0 bridgehead atoms. The number of ether oxygens (including phenoxy) is 1. The monoisotopic (exact) mass is 185 g/mol. The first-order valence-electron chi connectivity index (χ1n) is 2.68. The van der Waals surface area contributed by atoms with Gasteiger partial charge >= 0.3 is 13.6 Å². The summed E-state index contributed by atoms with van der Waals surface area (Å²) in [5, 5.41) is 15.0. The largest absolute Gasteiger partial charge is 0.708 e. The van der Waals surface area contributed by atoms with Gasteiger partial charge in [-0.15, -0.1) is 8.78 Å². The number of hydrogen-bond donors (Lipinski definition) is 2. The first kappa shape index (κ1) is 9.01. The number of nitrogens with zero attached hydrogens (tertiary/aromatic N) is 1. The Balaban J connectivity index is 2.59. The highest BCUT2D eigenvalue weighted by molar-refractivity contribution is 6.33. The molecule has 0 spiro atoms. The maximum absolute atomic E-state index is 12.3. The summed E-state index contributed by atoms with van der Waals surface area (Å²) in [5.41, 5.74) is 0. The molecule has 2 N–H and O–H groups in total. The van der Waals surface area contributed by atoms with E-state index in [-0.39, 0.29) is 6.26 Å². The van der Waals surface area contributed by atoms with Crippen molar-refractivity contribution in [2.24, 2.45) is 0 Å². The van der Waals surface area contributed by atoms with Gasteiger partial charge in [-0.3, -0.25) is 0 Å². The number of alkyl halides is 2. The summed E-state index contributed by atoms with van der Waals surface area (Å²) in [4.78, 5) is 0. The SMILES string of the molecule is OB(O)OC1=COC(F)(F)N1F. The van der Waals surface area contributed by atoms with E-state index in [1.807, 2.05) is 0 Å². The molecule has 0 aliphatic carbocycles. The molecule has 0 radical (unpaired) electrons. The van der Waals surface area contributed by atoms with Crippen LogP contribution < -0.4 is 0 Å². The molecule has 9 heteroatoms. The molecule has 1 rings (SSSR count). The van der Waals surface area contributed by atoms with Crippen LogP contribution in [-0.2, 0) is 9.39 Å². The Morgan fingerprint density at radius 1 is 1.58 bits per heavy atom. The second-order valence-electron chi connectivity index (χ2n) is 1.78. The maximum atomic E-state index is 12.3. The lowest BCUT2D eigenvalue weighted by molar-refractivity contribution is -0.328. The summed E-state index contributed by atoms with van der Waals surface area (Å²) in [5.74, 6) is -1.12. The van der Waals surface area contributed by atoms with Crippen molar-refractivity contribution in [3.05, 3.63) is 12.1 Å². The number of hydrogen-bond acceptors (Lipinski definition) is 5. The van der Waals surface area contributed by atoms with E-state index in [1.54, 1.807) is 0 Å². The average Bonchev–Trinajstić information content (AvgIpc) is 2.15. The molecular weight excluding hydrogens is 182 g/mol. The highest BCUT2D eigenvalue weighted by Crippen LogP contribution is 2.32. The summed E-state index contributed by atoms with van der Waals surface area (Å²) >= 11 is 0. The third-order valence-corrected chi connectivity index (χ3v) is 0.950. The van der Waals surface area contributed by atoms with Crippen molar-refractivity contribution in [3.63, 3.8) is 0 Å². The van der Waals surface area contributed by atoms with Crippen molar-refractivity contribution in [3.8, 4) is 0 Å². The predicted molar refractivity (Wildman–Crippen MR) is 28.3 cm³/mol. The first-order chi connectivity index (χ1) is 5.43. The Morgan fingerprint density at radius 3 is 2.50 bits per heavy atom. The smallest absolute Gasteiger partial charge is 0.495 e. The highest BCUT2D eigenvalue weighted by atomic mass is 19.3. The quantitative estimate of drug-likeness (QED) is 0.346. The van der Waals surface area contributed by atoms with Crippen LogP contribution in [0.25, 0.3) is 0 Å². The van der Waals surface area contributed by atoms with Gasteiger partial charge in [0.25, 0.3) is 0 Å². The van der Waals surface area contributed by atoms with Gasteiger partial charge < -0.3 is 19.4 Å². The van der Waals surface area contributed by atoms with Crippen LogP contribution in [0.1, 0.15) is 0 Å². The standard InChI is InChI=1S/C3H3BF3NO4/c5-3(6)8(7)2(1-11-3)12-4(9)10/h1,9-10H. The van der Waals surface area contributed by atoms with Crippen molar-refractivity contribution in [1.29, 1.82) is 0 Å². The normalized spacial score (nSPS) is 20.1. The first-order valence-corrected chi connectivity index (χ1v) is 2.68. The van der Waals surface area contributed by atoms with Crippen LogP contribution in [0.5, 0.6) is 0 Å². The molecule has 0 unspecified atom stereocenters. The summed E-state index contributed by atoms with van der Waals surface area (Å²) < 4.78 is 43.7. The second-order valence-corrected chi connectivity index (χ2v) is 1.78. The maximum Gasteiger partial charge on any atom is 0.708 e. The molecule has 0 aromatic carbocycles. The molecule has 0 saturated carbocycles. The molecule has 1 heterocycles. The summed E-state index contributed by atoms with van der Waals surface area (Å²) in [6, 6.07) is 0. The predicted octanol–water partition coefficient (Wildman–Crippen LogP) is -0.462. The Morgan fingerprint density at radius 2 is 2.17 bits per heavy atom. The molecule has 0 fully saturated rings. The molecule has 0 saturated heterocycles. The van der Waals surface area contributed by atoms with Gasteiger partial charge in [-0.2, -0.15) is 0 Å². The molecule has 0 amide bonds. The summed E-state index contributed by atoms with van der Waals surface area (Å²) in [6.07, 6.45) is -3.94. The van der Waals surface area contributed by atoms with E-state index in [2.05, 4.69) is 9.39 Å². The fraction of sp³-hybridized carbons (Fsp3) is 0.333. The Bertz CT molecular complexity index is 210. The van der Waals surface area contributed by atoms with Crippen LogP contribution in [0.3, 0.4) is 0 Å². The van der Waals surface area contributed by atoms with Gasteiger partial charge in [0.15, 0.2) is 6.26 Å². The van der Waals surface area contributed by atoms with Gasteiger partial charge in [-0.1, -0.05) is 9.60 Å². The van der Waals surface area contributed by atoms with Crippen molar-refractivity contribution >= 4 is 7.32 Å². The fourth-order valence-electron chi connectivity index (χ4n) is 0.524. The summed E-state index contributed by atoms with van der Waals surface area (Å²) in [7, 11) is -2.38. The van der Waals surface area contributed by atoms with Crippen molar-refractivity contribution in [2.75, 3.05) is 0 Å². The Hall–Kier alpha value is -1.09. The lowest BCUT2D eigenvalue weighted by atomic mass is 10.3. The zero-order valence-corrected chi connectivity index (χ0v) is 5.45. The van der Waals surface area contributed by atoms with Crippen molar-refractivity contribution in [1.82, 2.24) is 5.12 Å². The minimum absolute atomic E-state index is 0.222. The highest BCUT2D eigenvalue weighted by Gasteiger charge is 2.49. The zero-order valence-electron chi connectivity index (χ0n) is 5.45. The lowest BCUT2D eigenvalue weighted by Crippen LogP contribution is -2.33. The van der Waals surface area contributed by atoms with E-state index in [0.29, 0.717) is 0 Å². The van der Waals surface area contributed by atoms with E-state index >= 15 is 0 Å². The van der Waals surface area contributed by atoms with Gasteiger partial charge in [0.1, 0.15) is 0 Å². The minimum atomic E-state index is -4.16. The average molecular weight is 185 g/mol. The molecule has 0 atom stereocenters. The number of halogens is 3. The van der Waals surface area contributed by atoms with Gasteiger partial charge in [0.2, 0.25) is 5.88 Å². The fourth-order valence-corrected chi connectivity index (χ4v) is 0.524. The molecule has 1 aliphatic rings. The van der Waals surface area contributed by atoms with Crippen LogP contribution in [0.15, 0.2) is 12.1 Å². The molecule has 5 nitrogen and oxygen atoms in total. The van der Waals surface area contributed by atoms with E-state index in [4.69, 9.17) is 10.0 Å². The van der Waals surface area contributed by atoms with E-state index in [0.717, 1.165) is 0 Å². The third-order valence-electron chi connectivity index (χ3n) is 0.950. The Labute approximate surface area is 64.7 Å². The van der Waals surface area contributed by atoms with Gasteiger partial charge in [-0.05, 0) is 0 Å². The molecule has 0 aromatic rings. The van der Waals surface area contributed by atoms with Gasteiger partial charge in [-0.25, -0.2) is 0 Å². The molecule has 68 valence electrons. The minimum Gasteiger partial charge on any atom is -0.495 e. The summed E-state index contributed by atoms with van der Waals surface area (Å²) in [6.45, 7) is 0. The zero-order chi connectivity index (χ0) is 9.35. The number of rotatable bonds is 2. The van der Waals surface area contributed by atoms with Crippen LogP contribution in [0, 0.1) is 0 Å². The van der Waals surface area contributed by atoms with E-state index < -0.39 is 24.6 Å².